The van der Waals surface area contributed by atoms with Gasteiger partial charge in [0.15, 0.2) is 0 Å². The zero-order valence-electron chi connectivity index (χ0n) is 46.8. The molecule has 10 heteroatoms. The largest absolute Gasteiger partial charge is 2.00 e. The van der Waals surface area contributed by atoms with Gasteiger partial charge in [-0.15, -0.1) is 24.7 Å². The average molecular weight is 1060 g/mol. The Kier molecular flexibility index (Phi) is 28.1. The van der Waals surface area contributed by atoms with Crippen LogP contribution in [0.4, 0.5) is 0 Å². The number of nitrogens with zero attached hydrogens (tertiary/aromatic N) is 2. The Balaban J connectivity index is 0.000000520. The fourth-order valence-electron chi connectivity index (χ4n) is 9.19. The first-order chi connectivity index (χ1) is 31.7. The molecule has 2 fully saturated rings. The molecule has 0 bridgehead atoms. The van der Waals surface area contributed by atoms with Crippen LogP contribution in [-0.4, -0.2) is 62.2 Å². The van der Waals surface area contributed by atoms with E-state index in [9.17, 15) is 20.4 Å². The molecule has 0 aliphatic heterocycles. The smallest absolute Gasteiger partial charge is 0.872 e. The summed E-state index contributed by atoms with van der Waals surface area (Å²) in [5, 5.41) is 54.0. The Morgan fingerprint density at radius 1 is 0.457 bits per heavy atom. The summed E-state index contributed by atoms with van der Waals surface area (Å²) >= 11 is 0. The molecule has 0 saturated heterocycles. The van der Waals surface area contributed by atoms with E-state index in [4.69, 9.17) is 0 Å². The summed E-state index contributed by atoms with van der Waals surface area (Å²) < 4.78 is 0. The monoisotopic (exact) mass is 1060 g/mol. The summed E-state index contributed by atoms with van der Waals surface area (Å²) in [5.41, 5.74) is 7.76. The van der Waals surface area contributed by atoms with Crippen LogP contribution in [0.25, 0.3) is 0 Å². The van der Waals surface area contributed by atoms with Crippen LogP contribution in [0.1, 0.15) is 179 Å². The van der Waals surface area contributed by atoms with E-state index in [0.29, 0.717) is 37.3 Å². The summed E-state index contributed by atoms with van der Waals surface area (Å²) in [6.45, 7) is 27.3. The summed E-state index contributed by atoms with van der Waals surface area (Å²) in [6.07, 6.45) is 10.0. The fraction of sp³-hybridized carbons (Fsp3) is 0.600. The first-order valence-electron chi connectivity index (χ1n) is 25.4. The summed E-state index contributed by atoms with van der Waals surface area (Å²) in [4.78, 5) is 4.67. The van der Waals surface area contributed by atoms with E-state index in [0.717, 1.165) is 33.4 Å². The number of nitrogens with one attached hydrogen (secondary N) is 2. The second kappa shape index (κ2) is 30.0. The Morgan fingerprint density at radius 3 is 1.00 bits per heavy atom. The van der Waals surface area contributed by atoms with Crippen molar-refractivity contribution in [2.24, 2.45) is 0 Å². The molecule has 0 heterocycles. The number of hydrogen-bond acceptors (Lipinski definition) is 8. The molecule has 0 aromatic heterocycles. The van der Waals surface area contributed by atoms with Crippen molar-refractivity contribution in [3.05, 3.63) is 129 Å². The normalized spacial score (nSPS) is 18.5. The molecule has 2 N–H and O–H groups in total. The van der Waals surface area contributed by atoms with Crippen molar-refractivity contribution in [2.45, 2.75) is 207 Å². The summed E-state index contributed by atoms with van der Waals surface area (Å²) in [5.74, 6) is 0.436. The third kappa shape index (κ3) is 21.1. The van der Waals surface area contributed by atoms with E-state index in [2.05, 4.69) is 156 Å². The van der Waals surface area contributed by atoms with Gasteiger partial charge in [0.1, 0.15) is 0 Å². The molecule has 4 aromatic rings. The zero-order valence-corrected chi connectivity index (χ0v) is 52.8. The van der Waals surface area contributed by atoms with E-state index in [1.54, 1.807) is 0 Å². The number of benzene rings is 4. The molecular formula is C60H92N4O4Zn2. The van der Waals surface area contributed by atoms with Gasteiger partial charge in [0.25, 0.3) is 0 Å². The third-order valence-corrected chi connectivity index (χ3v) is 13.6. The van der Waals surface area contributed by atoms with Gasteiger partial charge >= 0.3 is 39.0 Å². The fourth-order valence-corrected chi connectivity index (χ4v) is 9.19. The van der Waals surface area contributed by atoms with Crippen molar-refractivity contribution in [3.63, 3.8) is 0 Å². The molecule has 4 aromatic carbocycles. The molecule has 6 rings (SSSR count). The van der Waals surface area contributed by atoms with Gasteiger partial charge in [0.2, 0.25) is 0 Å². The minimum absolute atomic E-state index is 0. The van der Waals surface area contributed by atoms with Gasteiger partial charge in [-0.2, -0.15) is 0 Å². The Labute approximate surface area is 452 Å². The van der Waals surface area contributed by atoms with Gasteiger partial charge in [0, 0.05) is 37.3 Å². The maximum absolute atomic E-state index is 13.1. The van der Waals surface area contributed by atoms with Crippen LogP contribution in [-0.2, 0) is 86.9 Å². The van der Waals surface area contributed by atoms with Crippen molar-refractivity contribution in [1.82, 2.24) is 20.4 Å². The SMILES string of the molecule is CN(C)[C@@H]1CCCC[C@H]1NCc1cc(C(C)(C)C)cc(C(C)(C)C)c1[O-].CN(C)[C@H]1CCCC[C@@H]1NCc1cc(C(C)(C)C)cc(C(C)(C)C)c1[O-].[O-]Cc1ccccc1.[O-]Cc1ccccc1.[Zn+2].[Zn+2]. The molecule has 0 amide bonds. The molecule has 2 aliphatic rings. The summed E-state index contributed by atoms with van der Waals surface area (Å²) in [7, 11) is 8.67. The Hall–Kier alpha value is -2.51. The van der Waals surface area contributed by atoms with Gasteiger partial charge in [-0.1, -0.05) is 205 Å². The van der Waals surface area contributed by atoms with Gasteiger partial charge in [-0.05, 0) is 109 Å². The first kappa shape index (κ1) is 65.5. The van der Waals surface area contributed by atoms with Crippen LogP contribution in [0.5, 0.6) is 11.5 Å². The van der Waals surface area contributed by atoms with E-state index in [1.807, 2.05) is 60.7 Å². The van der Waals surface area contributed by atoms with Crippen molar-refractivity contribution in [3.8, 4) is 11.5 Å². The minimum atomic E-state index is -0.135. The van der Waals surface area contributed by atoms with E-state index in [1.165, 1.54) is 62.5 Å². The number of hydrogen-bond donors (Lipinski definition) is 2. The topological polar surface area (TPSA) is 123 Å². The maximum Gasteiger partial charge on any atom is 2.00 e. The van der Waals surface area contributed by atoms with Crippen LogP contribution in [0.15, 0.2) is 84.9 Å². The van der Waals surface area contributed by atoms with E-state index >= 15 is 0 Å². The predicted octanol–water partition coefficient (Wildman–Crippen LogP) is 9.72. The quantitative estimate of drug-likeness (QED) is 0.151. The Bertz CT molecular complexity index is 1920. The zero-order chi connectivity index (χ0) is 51.0. The first-order valence-corrected chi connectivity index (χ1v) is 25.4. The number of likely N-dealkylation sites (N-methyl/N-ethyl adjacent to an activating group) is 2. The molecule has 8 nitrogen and oxygen atoms in total. The van der Waals surface area contributed by atoms with E-state index < -0.39 is 0 Å². The second-order valence-corrected chi connectivity index (χ2v) is 23.9. The van der Waals surface area contributed by atoms with Gasteiger partial charge in [-0.25, -0.2) is 0 Å². The van der Waals surface area contributed by atoms with Crippen molar-refractivity contribution >= 4 is 0 Å². The van der Waals surface area contributed by atoms with Crippen LogP contribution >= 0.6 is 0 Å². The second-order valence-electron chi connectivity index (χ2n) is 23.9. The van der Waals surface area contributed by atoms with Gasteiger partial charge in [0.05, 0.1) is 0 Å². The van der Waals surface area contributed by atoms with Crippen LogP contribution < -0.4 is 31.1 Å². The van der Waals surface area contributed by atoms with Crippen LogP contribution in [0.2, 0.25) is 0 Å². The van der Waals surface area contributed by atoms with Crippen LogP contribution in [0.3, 0.4) is 0 Å². The van der Waals surface area contributed by atoms with Gasteiger partial charge < -0.3 is 40.9 Å². The third-order valence-electron chi connectivity index (χ3n) is 13.6. The maximum atomic E-state index is 13.1. The number of rotatable bonds is 10. The molecule has 2 saturated carbocycles. The van der Waals surface area contributed by atoms with Crippen molar-refractivity contribution < 1.29 is 59.4 Å². The average Bonchev–Trinajstić information content (AvgIpc) is 3.28. The van der Waals surface area contributed by atoms with Crippen molar-refractivity contribution in [1.29, 1.82) is 0 Å². The van der Waals surface area contributed by atoms with Crippen molar-refractivity contribution in [2.75, 3.05) is 28.2 Å². The molecule has 0 radical (unpaired) electrons. The molecule has 70 heavy (non-hydrogen) atoms. The molecular weight excluding hydrogens is 971 g/mol. The molecule has 380 valence electrons. The summed E-state index contributed by atoms with van der Waals surface area (Å²) in [6, 6.07) is 29.2. The van der Waals surface area contributed by atoms with Crippen LogP contribution in [0, 0.1) is 0 Å². The minimum Gasteiger partial charge on any atom is -0.872 e. The van der Waals surface area contributed by atoms with Gasteiger partial charge in [-0.3, -0.25) is 0 Å². The Morgan fingerprint density at radius 2 is 0.757 bits per heavy atom. The molecule has 0 spiro atoms. The predicted molar refractivity (Wildman–Crippen MR) is 280 cm³/mol. The van der Waals surface area contributed by atoms with E-state index in [-0.39, 0.29) is 85.3 Å². The molecule has 0 unspecified atom stereocenters. The molecule has 2 aliphatic carbocycles. The molecule has 4 atom stereocenters. The standard InChI is InChI=1S/2C23H40N2O.2C7H7O.2Zn/c2*1-22(2,3)17-13-16(21(26)18(14-17)23(4,5)6)15-24-19-11-9-10-12-20(19)25(7)8;2*8-6-7-4-2-1-3-5-7;;/h2*13-14,19-20,24,26H,9-12,15H2,1-8H3;2*1-5H,6H2;;/q;;2*-1;2*+2/p-2/t2*19-,20-;;;;/m10..../s1.